The second kappa shape index (κ2) is 8.24. The largest absolute Gasteiger partial charge is 0.492 e. The molecule has 3 rings (SSSR count). The molecule has 2 aromatic carbocycles. The van der Waals surface area contributed by atoms with Crippen LogP contribution >= 0.6 is 31.9 Å². The lowest BCUT2D eigenvalue weighted by Crippen LogP contribution is -2.54. The Bertz CT molecular complexity index is 982. The van der Waals surface area contributed by atoms with Crippen LogP contribution < -0.4 is 15.0 Å². The van der Waals surface area contributed by atoms with Gasteiger partial charge in [-0.2, -0.15) is 0 Å². The Labute approximate surface area is 176 Å². The van der Waals surface area contributed by atoms with E-state index in [1.54, 1.807) is 12.1 Å². The van der Waals surface area contributed by atoms with E-state index in [1.807, 2.05) is 6.92 Å². The van der Waals surface area contributed by atoms with Gasteiger partial charge in [-0.25, -0.2) is 14.1 Å². The normalized spacial score (nSPS) is 15.8. The van der Waals surface area contributed by atoms with E-state index >= 15 is 0 Å². The molecule has 6 nitrogen and oxygen atoms in total. The molecule has 1 aliphatic rings. The number of nitrogens with one attached hydrogen (secondary N) is 1. The summed E-state index contributed by atoms with van der Waals surface area (Å²) < 4.78 is 19.9. The van der Waals surface area contributed by atoms with Crippen molar-refractivity contribution in [2.45, 2.75) is 6.92 Å². The average Bonchev–Trinajstić information content (AvgIpc) is 2.63. The highest BCUT2D eigenvalue weighted by Crippen LogP contribution is 2.35. The predicted octanol–water partition coefficient (Wildman–Crippen LogP) is 4.42. The first-order valence-corrected chi connectivity index (χ1v) is 9.69. The number of nitrogens with zero attached hydrogens (tertiary/aromatic N) is 1. The van der Waals surface area contributed by atoms with Crippen LogP contribution in [0.4, 0.5) is 14.9 Å². The maximum absolute atomic E-state index is 13.1. The monoisotopic (exact) mass is 510 g/mol. The minimum absolute atomic E-state index is 0.149. The van der Waals surface area contributed by atoms with Gasteiger partial charge in [0.25, 0.3) is 11.8 Å². The zero-order valence-electron chi connectivity index (χ0n) is 14.5. The molecule has 1 heterocycles. The molecular formula is C19H13Br2FN2O4. The van der Waals surface area contributed by atoms with Crippen LogP contribution in [-0.2, 0) is 9.59 Å². The van der Waals surface area contributed by atoms with Gasteiger partial charge in [0, 0.05) is 0 Å². The van der Waals surface area contributed by atoms with Crippen molar-refractivity contribution >= 4 is 61.5 Å². The highest BCUT2D eigenvalue weighted by atomic mass is 79.9. The number of benzene rings is 2. The molecule has 0 atom stereocenters. The summed E-state index contributed by atoms with van der Waals surface area (Å²) >= 11 is 6.78. The second-order valence-corrected chi connectivity index (χ2v) is 7.39. The average molecular weight is 512 g/mol. The Balaban J connectivity index is 2.00. The molecule has 144 valence electrons. The van der Waals surface area contributed by atoms with Gasteiger partial charge in [-0.3, -0.25) is 14.9 Å². The summed E-state index contributed by atoms with van der Waals surface area (Å²) in [5.41, 5.74) is 0.456. The zero-order chi connectivity index (χ0) is 20.4. The van der Waals surface area contributed by atoms with Crippen molar-refractivity contribution in [2.75, 3.05) is 11.5 Å². The third-order valence-electron chi connectivity index (χ3n) is 3.81. The summed E-state index contributed by atoms with van der Waals surface area (Å²) in [5.74, 6) is -1.53. The van der Waals surface area contributed by atoms with Gasteiger partial charge in [-0.1, -0.05) is 0 Å². The van der Waals surface area contributed by atoms with Crippen molar-refractivity contribution in [3.8, 4) is 5.75 Å². The highest BCUT2D eigenvalue weighted by molar-refractivity contribution is 9.11. The van der Waals surface area contributed by atoms with Gasteiger partial charge < -0.3 is 4.74 Å². The quantitative estimate of drug-likeness (QED) is 0.487. The second-order valence-electron chi connectivity index (χ2n) is 5.68. The zero-order valence-corrected chi connectivity index (χ0v) is 17.6. The summed E-state index contributed by atoms with van der Waals surface area (Å²) in [4.78, 5) is 38.0. The molecule has 0 aliphatic carbocycles. The van der Waals surface area contributed by atoms with E-state index in [2.05, 4.69) is 37.2 Å². The first-order valence-electron chi connectivity index (χ1n) is 8.10. The third kappa shape index (κ3) is 4.00. The minimum Gasteiger partial charge on any atom is -0.492 e. The molecule has 0 saturated carbocycles. The summed E-state index contributed by atoms with van der Waals surface area (Å²) in [7, 11) is 0. The smallest absolute Gasteiger partial charge is 0.335 e. The van der Waals surface area contributed by atoms with E-state index in [0.717, 1.165) is 17.0 Å². The lowest BCUT2D eigenvalue weighted by Gasteiger charge is -2.26. The van der Waals surface area contributed by atoms with Crippen LogP contribution in [0, 0.1) is 5.82 Å². The van der Waals surface area contributed by atoms with Crippen molar-refractivity contribution in [1.82, 2.24) is 5.32 Å². The van der Waals surface area contributed by atoms with Crippen LogP contribution in [0.2, 0.25) is 0 Å². The molecule has 0 unspecified atom stereocenters. The standard InChI is InChI=1S/C19H13Br2FN2O4/c1-2-28-16-14(20)8-10(9-15(16)21)7-13-17(25)23-19(27)24(18(13)26)12-5-3-11(22)4-6-12/h3-9H,2H2,1H3,(H,23,25,27)/b13-7+. The number of rotatable bonds is 4. The number of urea groups is 1. The number of hydrogen-bond donors (Lipinski definition) is 1. The molecule has 1 aliphatic heterocycles. The van der Waals surface area contributed by atoms with Crippen molar-refractivity contribution < 1.29 is 23.5 Å². The van der Waals surface area contributed by atoms with Crippen LogP contribution in [0.25, 0.3) is 6.08 Å². The summed E-state index contributed by atoms with van der Waals surface area (Å²) in [6.07, 6.45) is 1.37. The maximum Gasteiger partial charge on any atom is 0.335 e. The lowest BCUT2D eigenvalue weighted by molar-refractivity contribution is -0.122. The molecule has 0 aromatic heterocycles. The van der Waals surface area contributed by atoms with E-state index in [0.29, 0.717) is 26.9 Å². The first kappa shape index (κ1) is 20.2. The van der Waals surface area contributed by atoms with Gasteiger partial charge in [-0.15, -0.1) is 0 Å². The van der Waals surface area contributed by atoms with Crippen LogP contribution in [-0.4, -0.2) is 24.5 Å². The van der Waals surface area contributed by atoms with E-state index < -0.39 is 23.7 Å². The molecular weight excluding hydrogens is 499 g/mol. The molecule has 4 amide bonds. The fraction of sp³-hybridized carbons (Fsp3) is 0.105. The first-order chi connectivity index (χ1) is 13.3. The summed E-state index contributed by atoms with van der Waals surface area (Å²) in [5, 5.41) is 2.12. The molecule has 0 radical (unpaired) electrons. The maximum atomic E-state index is 13.1. The molecule has 0 spiro atoms. The van der Waals surface area contributed by atoms with E-state index in [-0.39, 0.29) is 11.3 Å². The van der Waals surface area contributed by atoms with Gasteiger partial charge in [0.15, 0.2) is 0 Å². The predicted molar refractivity (Wildman–Crippen MR) is 108 cm³/mol. The van der Waals surface area contributed by atoms with E-state index in [9.17, 15) is 18.8 Å². The van der Waals surface area contributed by atoms with Crippen LogP contribution in [0.5, 0.6) is 5.75 Å². The van der Waals surface area contributed by atoms with Crippen LogP contribution in [0.3, 0.4) is 0 Å². The molecule has 0 bridgehead atoms. The Morgan fingerprint density at radius 1 is 1.11 bits per heavy atom. The topological polar surface area (TPSA) is 75.7 Å². The third-order valence-corrected chi connectivity index (χ3v) is 4.98. The number of imide groups is 2. The number of ether oxygens (including phenoxy) is 1. The molecule has 1 N–H and O–H groups in total. The Morgan fingerprint density at radius 3 is 2.29 bits per heavy atom. The Morgan fingerprint density at radius 2 is 1.71 bits per heavy atom. The van der Waals surface area contributed by atoms with Crippen molar-refractivity contribution in [2.24, 2.45) is 0 Å². The number of carbonyl (C=O) groups excluding carboxylic acids is 3. The summed E-state index contributed by atoms with van der Waals surface area (Å²) in [6.45, 7) is 2.31. The number of anilines is 1. The number of barbiturate groups is 1. The van der Waals surface area contributed by atoms with Gasteiger partial charge in [0.1, 0.15) is 17.1 Å². The van der Waals surface area contributed by atoms with E-state index in [4.69, 9.17) is 4.74 Å². The molecule has 1 saturated heterocycles. The van der Waals surface area contributed by atoms with Gasteiger partial charge in [0.05, 0.1) is 21.2 Å². The number of carbonyl (C=O) groups is 3. The van der Waals surface area contributed by atoms with Gasteiger partial charge >= 0.3 is 6.03 Å². The Hall–Kier alpha value is -2.52. The molecule has 2 aromatic rings. The van der Waals surface area contributed by atoms with Gasteiger partial charge in [0.2, 0.25) is 0 Å². The molecule has 28 heavy (non-hydrogen) atoms. The fourth-order valence-electron chi connectivity index (χ4n) is 2.59. The highest BCUT2D eigenvalue weighted by Gasteiger charge is 2.36. The van der Waals surface area contributed by atoms with Gasteiger partial charge in [-0.05, 0) is 86.8 Å². The Kier molecular flexibility index (Phi) is 5.95. The minimum atomic E-state index is -0.896. The van der Waals surface area contributed by atoms with Crippen molar-refractivity contribution in [1.29, 1.82) is 0 Å². The molecule has 1 fully saturated rings. The SMILES string of the molecule is CCOc1c(Br)cc(/C=C2\C(=O)NC(=O)N(c3ccc(F)cc3)C2=O)cc1Br. The summed E-state index contributed by atoms with van der Waals surface area (Å²) in [6, 6.07) is 7.28. The van der Waals surface area contributed by atoms with Crippen LogP contribution in [0.1, 0.15) is 12.5 Å². The number of halogens is 3. The number of hydrogen-bond acceptors (Lipinski definition) is 4. The fourth-order valence-corrected chi connectivity index (χ4v) is 4.04. The van der Waals surface area contributed by atoms with Crippen LogP contribution in [0.15, 0.2) is 50.9 Å². The molecule has 9 heteroatoms. The number of amides is 4. The van der Waals surface area contributed by atoms with E-state index in [1.165, 1.54) is 18.2 Å². The van der Waals surface area contributed by atoms with Crippen molar-refractivity contribution in [3.05, 3.63) is 62.3 Å². The lowest BCUT2D eigenvalue weighted by atomic mass is 10.1. The van der Waals surface area contributed by atoms with Crippen molar-refractivity contribution in [3.63, 3.8) is 0 Å².